The molecule has 5 heterocycles. The lowest BCUT2D eigenvalue weighted by Crippen LogP contribution is -2.04. The van der Waals surface area contributed by atoms with Gasteiger partial charge in [0.1, 0.15) is 22.4 Å². The quantitative estimate of drug-likeness (QED) is 0.176. The third-order valence-electron chi connectivity index (χ3n) is 13.4. The third-order valence-corrected chi connectivity index (χ3v) is 14.6. The number of nitrogens with zero attached hydrogens (tertiary/aromatic N) is 4. The number of furan rings is 2. The summed E-state index contributed by atoms with van der Waals surface area (Å²) in [5.74, 6) is 1.68. The zero-order valence-corrected chi connectivity index (χ0v) is 35.8. The number of rotatable bonds is 4. The van der Waals surface area contributed by atoms with Gasteiger partial charge in [0.25, 0.3) is 0 Å². The molecule has 15 aromatic rings. The first-order valence-electron chi connectivity index (χ1n) is 22.1. The number of fused-ring (bicyclic) bond motifs is 15. The number of benzene rings is 10. The van der Waals surface area contributed by atoms with Crippen LogP contribution in [0.15, 0.2) is 203 Å². The first kappa shape index (κ1) is 35.8. The van der Waals surface area contributed by atoms with Gasteiger partial charge in [0.05, 0.1) is 11.0 Å². The van der Waals surface area contributed by atoms with Crippen LogP contribution in [0.5, 0.6) is 0 Å². The van der Waals surface area contributed by atoms with E-state index in [2.05, 4.69) is 174 Å². The summed E-state index contributed by atoms with van der Waals surface area (Å²) in [4.78, 5) is 16.3. The van der Waals surface area contributed by atoms with E-state index in [1.165, 1.54) is 25.6 Å². The minimum atomic E-state index is 0.538. The molecule has 0 aliphatic heterocycles. The van der Waals surface area contributed by atoms with Crippen molar-refractivity contribution in [3.8, 4) is 39.9 Å². The van der Waals surface area contributed by atoms with Gasteiger partial charge in [-0.3, -0.25) is 0 Å². The highest BCUT2D eigenvalue weighted by Crippen LogP contribution is 2.45. The second-order valence-electron chi connectivity index (χ2n) is 17.1. The van der Waals surface area contributed by atoms with Crippen molar-refractivity contribution in [1.82, 2.24) is 19.5 Å². The minimum absolute atomic E-state index is 0.538. The summed E-state index contributed by atoms with van der Waals surface area (Å²) in [5.41, 5.74) is 8.85. The zero-order valence-electron chi connectivity index (χ0n) is 35.0. The smallest absolute Gasteiger partial charge is 0.166 e. The normalized spacial score (nSPS) is 12.2. The van der Waals surface area contributed by atoms with Crippen LogP contribution >= 0.6 is 11.3 Å². The van der Waals surface area contributed by atoms with Crippen LogP contribution in [0.1, 0.15) is 0 Å². The van der Waals surface area contributed by atoms with Crippen molar-refractivity contribution in [2.24, 2.45) is 0 Å². The molecule has 0 spiro atoms. The van der Waals surface area contributed by atoms with Crippen LogP contribution in [-0.4, -0.2) is 19.5 Å². The van der Waals surface area contributed by atoms with Crippen molar-refractivity contribution < 1.29 is 8.83 Å². The maximum atomic E-state index is 7.26. The molecule has 0 saturated heterocycles. The molecule has 10 aromatic carbocycles. The first-order valence-corrected chi connectivity index (χ1v) is 22.9. The molecule has 0 radical (unpaired) electrons. The Morgan fingerprint density at radius 1 is 0.348 bits per heavy atom. The molecule has 6 nitrogen and oxygen atoms in total. The van der Waals surface area contributed by atoms with E-state index in [0.717, 1.165) is 104 Å². The molecule has 5 aromatic heterocycles. The number of thiophene rings is 1. The lowest BCUT2D eigenvalue weighted by atomic mass is 10.0. The molecule has 15 rings (SSSR count). The number of hydrogen-bond acceptors (Lipinski definition) is 6. The predicted octanol–water partition coefficient (Wildman–Crippen LogP) is 16.4. The van der Waals surface area contributed by atoms with Crippen LogP contribution < -0.4 is 0 Å². The van der Waals surface area contributed by atoms with E-state index in [0.29, 0.717) is 17.5 Å². The van der Waals surface area contributed by atoms with E-state index in [4.69, 9.17) is 23.8 Å². The summed E-state index contributed by atoms with van der Waals surface area (Å²) >= 11 is 1.80. The summed E-state index contributed by atoms with van der Waals surface area (Å²) in [7, 11) is 0. The summed E-state index contributed by atoms with van der Waals surface area (Å²) in [6.07, 6.45) is 0. The Morgan fingerprint density at radius 3 is 1.83 bits per heavy atom. The summed E-state index contributed by atoms with van der Waals surface area (Å²) in [6.45, 7) is 0. The van der Waals surface area contributed by atoms with E-state index in [9.17, 15) is 0 Å². The second kappa shape index (κ2) is 13.4. The largest absolute Gasteiger partial charge is 0.456 e. The number of hydrogen-bond donors (Lipinski definition) is 0. The lowest BCUT2D eigenvalue weighted by Gasteiger charge is -2.15. The van der Waals surface area contributed by atoms with Crippen molar-refractivity contribution in [3.05, 3.63) is 194 Å². The Balaban J connectivity index is 1.07. The SMILES string of the molecule is c1ccc2cc3c(cc2c1)c1ccccc1n3-c1c(-c2nc(-c3ccc4oc5ccccc5c4c3)nc(-c3ccc4sc5ccccc5c4c3)n2)ccc2c1oc1c3ccccc3ccc21. The Kier molecular flexibility index (Phi) is 7.28. The van der Waals surface area contributed by atoms with Crippen LogP contribution in [0.3, 0.4) is 0 Å². The summed E-state index contributed by atoms with van der Waals surface area (Å²) in [6, 6.07) is 68.5. The number of aromatic nitrogens is 4. The lowest BCUT2D eigenvalue weighted by molar-refractivity contribution is 0.669. The maximum Gasteiger partial charge on any atom is 0.166 e. The minimum Gasteiger partial charge on any atom is -0.456 e. The van der Waals surface area contributed by atoms with E-state index < -0.39 is 0 Å². The average molecular weight is 861 g/mol. The van der Waals surface area contributed by atoms with Gasteiger partial charge in [0, 0.05) is 74.6 Å². The standard InChI is InChI=1S/C59H32N4O2S/c1-2-13-35-32-49-45(29-34(35)12-1)39-15-5-8-18-48(39)63(49)54-44(26-25-43-42-24-21-33-11-3-4-14-38(33)55(42)65-56(43)54)59-61-57(36-22-27-51-46(30-36)40-16-6-9-19-50(40)64-51)60-58(62-59)37-23-28-53-47(31-37)41-17-7-10-20-52(41)66-53/h1-32H. The molecular weight excluding hydrogens is 829 g/mol. The third kappa shape index (κ3) is 5.14. The molecule has 0 bridgehead atoms. The van der Waals surface area contributed by atoms with E-state index in [-0.39, 0.29) is 0 Å². The molecule has 0 fully saturated rings. The molecule has 0 atom stereocenters. The Morgan fingerprint density at radius 2 is 0.970 bits per heavy atom. The van der Waals surface area contributed by atoms with E-state index >= 15 is 0 Å². The van der Waals surface area contributed by atoms with Crippen LogP contribution in [0.2, 0.25) is 0 Å². The molecule has 0 aliphatic rings. The van der Waals surface area contributed by atoms with Gasteiger partial charge in [0.2, 0.25) is 0 Å². The van der Waals surface area contributed by atoms with Gasteiger partial charge in [-0.1, -0.05) is 109 Å². The fourth-order valence-electron chi connectivity index (χ4n) is 10.3. The van der Waals surface area contributed by atoms with Gasteiger partial charge in [-0.05, 0) is 101 Å². The highest BCUT2D eigenvalue weighted by Gasteiger charge is 2.26. The molecule has 0 aliphatic carbocycles. The second-order valence-corrected chi connectivity index (χ2v) is 18.2. The molecule has 7 heteroatoms. The van der Waals surface area contributed by atoms with Crippen LogP contribution in [0.25, 0.3) is 147 Å². The summed E-state index contributed by atoms with van der Waals surface area (Å²) < 4.78 is 18.4. The van der Waals surface area contributed by atoms with Crippen molar-refractivity contribution in [2.45, 2.75) is 0 Å². The van der Waals surface area contributed by atoms with Crippen LogP contribution in [-0.2, 0) is 0 Å². The maximum absolute atomic E-state index is 7.26. The van der Waals surface area contributed by atoms with Gasteiger partial charge < -0.3 is 13.4 Å². The van der Waals surface area contributed by atoms with Crippen molar-refractivity contribution in [3.63, 3.8) is 0 Å². The molecule has 306 valence electrons. The highest BCUT2D eigenvalue weighted by molar-refractivity contribution is 7.25. The predicted molar refractivity (Wildman–Crippen MR) is 273 cm³/mol. The zero-order chi connectivity index (χ0) is 43.0. The van der Waals surface area contributed by atoms with Crippen molar-refractivity contribution in [1.29, 1.82) is 0 Å². The molecular formula is C59H32N4O2S. The molecule has 0 amide bonds. The molecule has 0 saturated carbocycles. The monoisotopic (exact) mass is 860 g/mol. The van der Waals surface area contributed by atoms with Crippen LogP contribution in [0, 0.1) is 0 Å². The first-order chi connectivity index (χ1) is 32.7. The van der Waals surface area contributed by atoms with Gasteiger partial charge in [-0.25, -0.2) is 15.0 Å². The van der Waals surface area contributed by atoms with Gasteiger partial charge in [-0.15, -0.1) is 11.3 Å². The average Bonchev–Trinajstić information content (AvgIpc) is 4.14. The van der Waals surface area contributed by atoms with Crippen molar-refractivity contribution in [2.75, 3.05) is 0 Å². The summed E-state index contributed by atoms with van der Waals surface area (Å²) in [5, 5.41) is 13.3. The topological polar surface area (TPSA) is 69.9 Å². The number of para-hydroxylation sites is 2. The Labute approximate surface area is 379 Å². The highest BCUT2D eigenvalue weighted by atomic mass is 32.1. The Bertz CT molecular complexity index is 4420. The van der Waals surface area contributed by atoms with E-state index in [1.54, 1.807) is 11.3 Å². The fraction of sp³-hybridized carbons (Fsp3) is 0. The van der Waals surface area contributed by atoms with E-state index in [1.807, 2.05) is 24.3 Å². The fourth-order valence-corrected chi connectivity index (χ4v) is 11.4. The van der Waals surface area contributed by atoms with Gasteiger partial charge >= 0.3 is 0 Å². The molecule has 66 heavy (non-hydrogen) atoms. The van der Waals surface area contributed by atoms with Gasteiger partial charge in [-0.2, -0.15) is 0 Å². The van der Waals surface area contributed by atoms with Crippen molar-refractivity contribution >= 4 is 119 Å². The molecule has 0 N–H and O–H groups in total. The molecule has 0 unspecified atom stereocenters. The van der Waals surface area contributed by atoms with Crippen LogP contribution in [0.4, 0.5) is 0 Å². The Hall–Kier alpha value is -8.65. The van der Waals surface area contributed by atoms with Gasteiger partial charge in [0.15, 0.2) is 23.1 Å².